The summed E-state index contributed by atoms with van der Waals surface area (Å²) in [6.07, 6.45) is 0.266. The van der Waals surface area contributed by atoms with Gasteiger partial charge in [-0.3, -0.25) is 14.9 Å². The van der Waals surface area contributed by atoms with Crippen LogP contribution in [0.3, 0.4) is 0 Å². The maximum Gasteiger partial charge on any atom is 0.261 e. The number of benzene rings is 2. The van der Waals surface area contributed by atoms with E-state index in [0.29, 0.717) is 33.1 Å². The number of anilines is 2. The number of amides is 2. The molecule has 0 radical (unpaired) electrons. The molecule has 1 unspecified atom stereocenters. The summed E-state index contributed by atoms with van der Waals surface area (Å²) >= 11 is 7.18. The van der Waals surface area contributed by atoms with Crippen molar-refractivity contribution in [3.05, 3.63) is 63.9 Å². The van der Waals surface area contributed by atoms with Crippen LogP contribution < -0.4 is 15.0 Å². The zero-order valence-corrected chi connectivity index (χ0v) is 17.3. The molecular formula is C20H16ClFN4O3S. The van der Waals surface area contributed by atoms with Gasteiger partial charge in [-0.05, 0) is 42.5 Å². The highest BCUT2D eigenvalue weighted by atomic mass is 35.5. The Kier molecular flexibility index (Phi) is 5.65. The molecule has 154 valence electrons. The highest BCUT2D eigenvalue weighted by Gasteiger charge is 2.34. The molecule has 1 N–H and O–H groups in total. The maximum absolute atomic E-state index is 13.1. The van der Waals surface area contributed by atoms with Crippen molar-refractivity contribution >= 4 is 45.6 Å². The number of nitrogens with one attached hydrogen (secondary N) is 1. The lowest BCUT2D eigenvalue weighted by molar-refractivity contribution is -0.117. The van der Waals surface area contributed by atoms with Crippen LogP contribution in [0.1, 0.15) is 27.7 Å². The van der Waals surface area contributed by atoms with Crippen LogP contribution in [-0.2, 0) is 4.79 Å². The lowest BCUT2D eigenvalue weighted by Gasteiger charge is -2.16. The number of carbonyl (C=O) groups is 2. The second-order valence-corrected chi connectivity index (χ2v) is 8.07. The molecule has 2 aromatic carbocycles. The van der Waals surface area contributed by atoms with E-state index in [2.05, 4.69) is 15.5 Å². The third kappa shape index (κ3) is 4.12. The van der Waals surface area contributed by atoms with Gasteiger partial charge >= 0.3 is 0 Å². The Morgan fingerprint density at radius 2 is 2.03 bits per heavy atom. The van der Waals surface area contributed by atoms with Gasteiger partial charge in [0.05, 0.1) is 12.7 Å². The Bertz CT molecular complexity index is 1110. The van der Waals surface area contributed by atoms with Crippen molar-refractivity contribution in [3.63, 3.8) is 0 Å². The SMILES string of the molecule is COc1ccc(Cl)cc1C(=O)Nc1nnc(C2CC(=O)N(c3ccc(F)cc3)C2)s1. The first-order valence-electron chi connectivity index (χ1n) is 8.99. The van der Waals surface area contributed by atoms with Crippen molar-refractivity contribution in [2.24, 2.45) is 0 Å². The Hall–Kier alpha value is -3.04. The van der Waals surface area contributed by atoms with Gasteiger partial charge in [0.1, 0.15) is 16.6 Å². The molecule has 4 rings (SSSR count). The first kappa shape index (κ1) is 20.2. The van der Waals surface area contributed by atoms with Crippen LogP contribution in [0, 0.1) is 5.82 Å². The van der Waals surface area contributed by atoms with Crippen molar-refractivity contribution in [1.82, 2.24) is 10.2 Å². The second-order valence-electron chi connectivity index (χ2n) is 6.63. The molecule has 1 aliphatic heterocycles. The van der Waals surface area contributed by atoms with Crippen molar-refractivity contribution in [2.75, 3.05) is 23.9 Å². The zero-order chi connectivity index (χ0) is 21.3. The molecule has 1 fully saturated rings. The van der Waals surface area contributed by atoms with Gasteiger partial charge in [0.15, 0.2) is 0 Å². The minimum Gasteiger partial charge on any atom is -0.496 e. The largest absolute Gasteiger partial charge is 0.496 e. The van der Waals surface area contributed by atoms with E-state index in [0.717, 1.165) is 0 Å². The molecule has 2 heterocycles. The van der Waals surface area contributed by atoms with Gasteiger partial charge < -0.3 is 9.64 Å². The summed E-state index contributed by atoms with van der Waals surface area (Å²) in [5.41, 5.74) is 0.912. The fraction of sp³-hybridized carbons (Fsp3) is 0.200. The van der Waals surface area contributed by atoms with E-state index in [4.69, 9.17) is 16.3 Å². The maximum atomic E-state index is 13.1. The van der Waals surface area contributed by atoms with Crippen molar-refractivity contribution in [1.29, 1.82) is 0 Å². The fourth-order valence-corrected chi connectivity index (χ4v) is 4.22. The van der Waals surface area contributed by atoms with E-state index < -0.39 is 5.91 Å². The predicted molar refractivity (Wildman–Crippen MR) is 112 cm³/mol. The van der Waals surface area contributed by atoms with Gasteiger partial charge in [-0.25, -0.2) is 4.39 Å². The Balaban J connectivity index is 1.47. The molecule has 1 aliphatic rings. The molecule has 3 aromatic rings. The molecule has 7 nitrogen and oxygen atoms in total. The number of carbonyl (C=O) groups excluding carboxylic acids is 2. The first-order chi connectivity index (χ1) is 14.4. The second kappa shape index (κ2) is 8.37. The van der Waals surface area contributed by atoms with E-state index >= 15 is 0 Å². The predicted octanol–water partition coefficient (Wildman–Crippen LogP) is 4.11. The average molecular weight is 447 g/mol. The standard InChI is InChI=1S/C20H16ClFN4O3S/c1-29-16-7-2-12(21)9-15(16)18(28)23-20-25-24-19(30-20)11-8-17(27)26(10-11)14-5-3-13(22)4-6-14/h2-7,9,11H,8,10H2,1H3,(H,23,25,28). The number of ether oxygens (including phenoxy) is 1. The third-order valence-electron chi connectivity index (χ3n) is 4.68. The Morgan fingerprint density at radius 1 is 1.27 bits per heavy atom. The van der Waals surface area contributed by atoms with E-state index in [-0.39, 0.29) is 29.6 Å². The molecule has 0 saturated carbocycles. The summed E-state index contributed by atoms with van der Waals surface area (Å²) < 4.78 is 18.3. The third-order valence-corrected chi connectivity index (χ3v) is 5.92. The number of hydrogen-bond acceptors (Lipinski definition) is 6. The van der Waals surface area contributed by atoms with Gasteiger partial charge in [-0.1, -0.05) is 22.9 Å². The van der Waals surface area contributed by atoms with E-state index in [1.807, 2.05) is 0 Å². The Morgan fingerprint density at radius 3 is 2.77 bits per heavy atom. The van der Waals surface area contributed by atoms with Crippen LogP contribution in [0.4, 0.5) is 15.2 Å². The topological polar surface area (TPSA) is 84.4 Å². The average Bonchev–Trinajstić information content (AvgIpc) is 3.35. The van der Waals surface area contributed by atoms with Gasteiger partial charge in [0.2, 0.25) is 11.0 Å². The van der Waals surface area contributed by atoms with E-state index in [1.165, 1.54) is 36.6 Å². The molecule has 0 bridgehead atoms. The summed E-state index contributed by atoms with van der Waals surface area (Å²) in [5, 5.41) is 12.2. The molecule has 0 spiro atoms. The van der Waals surface area contributed by atoms with Gasteiger partial charge in [0.25, 0.3) is 5.91 Å². The van der Waals surface area contributed by atoms with Gasteiger partial charge in [-0.2, -0.15) is 0 Å². The van der Waals surface area contributed by atoms with Crippen molar-refractivity contribution < 1.29 is 18.7 Å². The number of aromatic nitrogens is 2. The fourth-order valence-electron chi connectivity index (χ4n) is 3.22. The molecule has 1 aromatic heterocycles. The van der Waals surface area contributed by atoms with Crippen LogP contribution in [0.2, 0.25) is 5.02 Å². The highest BCUT2D eigenvalue weighted by molar-refractivity contribution is 7.15. The number of methoxy groups -OCH3 is 1. The van der Waals surface area contributed by atoms with Crippen molar-refractivity contribution in [2.45, 2.75) is 12.3 Å². The molecule has 0 aliphatic carbocycles. The lowest BCUT2D eigenvalue weighted by Crippen LogP contribution is -2.24. The van der Waals surface area contributed by atoms with Crippen LogP contribution in [-0.4, -0.2) is 35.7 Å². The minimum atomic E-state index is -0.424. The van der Waals surface area contributed by atoms with E-state index in [1.54, 1.807) is 29.2 Å². The van der Waals surface area contributed by atoms with Crippen LogP contribution in [0.15, 0.2) is 42.5 Å². The zero-order valence-electron chi connectivity index (χ0n) is 15.8. The highest BCUT2D eigenvalue weighted by Crippen LogP contribution is 2.34. The first-order valence-corrected chi connectivity index (χ1v) is 10.2. The molecule has 1 atom stereocenters. The quantitative estimate of drug-likeness (QED) is 0.637. The summed E-state index contributed by atoms with van der Waals surface area (Å²) in [6.45, 7) is 0.412. The number of nitrogens with zero attached hydrogens (tertiary/aromatic N) is 3. The summed E-state index contributed by atoms with van der Waals surface area (Å²) in [6, 6.07) is 10.5. The number of rotatable bonds is 5. The lowest BCUT2D eigenvalue weighted by atomic mass is 10.1. The molecular weight excluding hydrogens is 431 g/mol. The molecule has 1 saturated heterocycles. The van der Waals surface area contributed by atoms with Gasteiger partial charge in [0, 0.05) is 29.6 Å². The summed E-state index contributed by atoms with van der Waals surface area (Å²) in [5.74, 6) is -0.629. The number of halogens is 2. The molecule has 30 heavy (non-hydrogen) atoms. The normalized spacial score (nSPS) is 16.0. The van der Waals surface area contributed by atoms with Crippen molar-refractivity contribution in [3.8, 4) is 5.75 Å². The van der Waals surface area contributed by atoms with Gasteiger partial charge in [-0.15, -0.1) is 10.2 Å². The summed E-state index contributed by atoms with van der Waals surface area (Å²) in [4.78, 5) is 26.6. The minimum absolute atomic E-state index is 0.0731. The summed E-state index contributed by atoms with van der Waals surface area (Å²) in [7, 11) is 1.47. The molecule has 2 amide bonds. The Labute approximate surface area is 180 Å². The van der Waals surface area contributed by atoms with Crippen LogP contribution in [0.5, 0.6) is 5.75 Å². The monoisotopic (exact) mass is 446 g/mol. The van der Waals surface area contributed by atoms with E-state index in [9.17, 15) is 14.0 Å². The number of hydrogen-bond donors (Lipinski definition) is 1. The smallest absolute Gasteiger partial charge is 0.261 e. The molecule has 10 heteroatoms. The van der Waals surface area contributed by atoms with Crippen LogP contribution >= 0.6 is 22.9 Å². The van der Waals surface area contributed by atoms with Crippen LogP contribution in [0.25, 0.3) is 0 Å².